The molecule has 10 heteroatoms. The lowest BCUT2D eigenvalue weighted by molar-refractivity contribution is 0.665. The number of rotatable bonds is 16. The third kappa shape index (κ3) is 12.4. The fourth-order valence-corrected chi connectivity index (χ4v) is 21.4. The topological polar surface area (TPSA) is 91.8 Å². The Morgan fingerprint density at radius 1 is 0.176 bits per heavy atom. The van der Waals surface area contributed by atoms with Crippen LogP contribution in [0.1, 0.15) is 16.7 Å². The van der Waals surface area contributed by atoms with Crippen LogP contribution in [0.15, 0.2) is 469 Å². The number of aryl methyl sites for hydroxylation is 1. The van der Waals surface area contributed by atoms with E-state index in [1.165, 1.54) is 5.56 Å². The number of anilines is 12. The Hall–Kier alpha value is -18.1. The molecule has 0 aliphatic heterocycles. The Morgan fingerprint density at radius 3 is 0.912 bits per heavy atom. The third-order valence-corrected chi connectivity index (χ3v) is 27.8. The Bertz CT molecular complexity index is 9780. The Kier molecular flexibility index (Phi) is 17.2. The fraction of sp³-hybridized carbons (Fsp3) is 0.0159. The Balaban J connectivity index is 0.605. The van der Waals surface area contributed by atoms with Gasteiger partial charge in [0.05, 0.1) is 34.1 Å². The maximum Gasteiger partial charge on any atom is 0.159 e. The van der Waals surface area contributed by atoms with Gasteiger partial charge in [-0.3, -0.25) is 0 Å². The summed E-state index contributed by atoms with van der Waals surface area (Å²) in [6.07, 6.45) is 0.531. The SMILES string of the molecule is Cc1ccc(N(c2ccc3cc4oc5cc6ccc(N(c7ccc(Cc8c9ccc(N(c%10ccccc%10-c%10ccccc%10)c%10cccc%11c%10oc%10ccccc%10%11)cc9cc9c8oc8cc%10ccc(N(c%11ccccc%11-c%11ccccc%11)c%11cccc%12c%11oc%11ccccc%11%12)cc%10cc89)cc7)c7cccc8c7oc7ccccc78)cc6cc5c4cc3c2)c2cccc3c2oc2ccccc23)cc1. The molecule has 6 aromatic heterocycles. The molecule has 22 aromatic carbocycles. The van der Waals surface area contributed by atoms with Crippen LogP contribution in [0.25, 0.3) is 197 Å². The Labute approximate surface area is 779 Å². The molecule has 0 atom stereocenters. The lowest BCUT2D eigenvalue weighted by Gasteiger charge is -2.28. The van der Waals surface area contributed by atoms with Gasteiger partial charge >= 0.3 is 0 Å². The van der Waals surface area contributed by atoms with Gasteiger partial charge in [0.2, 0.25) is 0 Å². The van der Waals surface area contributed by atoms with Gasteiger partial charge in [-0.25, -0.2) is 0 Å². The van der Waals surface area contributed by atoms with Gasteiger partial charge in [0.1, 0.15) is 44.7 Å². The molecular weight excluding hydrogens is 1670 g/mol. The quantitative estimate of drug-likeness (QED) is 0.0931. The van der Waals surface area contributed by atoms with Crippen molar-refractivity contribution < 1.29 is 26.5 Å². The van der Waals surface area contributed by atoms with E-state index in [0.717, 1.165) is 276 Å². The average molecular weight is 1740 g/mol. The van der Waals surface area contributed by atoms with Crippen LogP contribution in [0.4, 0.5) is 68.2 Å². The Morgan fingerprint density at radius 2 is 0.485 bits per heavy atom. The smallest absolute Gasteiger partial charge is 0.159 e. The highest BCUT2D eigenvalue weighted by atomic mass is 16.4. The van der Waals surface area contributed by atoms with E-state index in [1.807, 2.05) is 30.3 Å². The summed E-state index contributed by atoms with van der Waals surface area (Å²) in [7, 11) is 0. The van der Waals surface area contributed by atoms with E-state index in [1.54, 1.807) is 0 Å². The molecule has 0 bridgehead atoms. The molecule has 136 heavy (non-hydrogen) atoms. The summed E-state index contributed by atoms with van der Waals surface area (Å²) >= 11 is 0. The predicted molar refractivity (Wildman–Crippen MR) is 564 cm³/mol. The minimum atomic E-state index is 0.531. The highest BCUT2D eigenvalue weighted by molar-refractivity contribution is 6.21. The maximum absolute atomic E-state index is 7.52. The second kappa shape index (κ2) is 30.5. The van der Waals surface area contributed by atoms with Crippen LogP contribution < -0.4 is 19.6 Å². The first kappa shape index (κ1) is 76.7. The van der Waals surface area contributed by atoms with Gasteiger partial charge in [0.15, 0.2) is 22.3 Å². The maximum atomic E-state index is 7.52. The molecule has 0 saturated heterocycles. The van der Waals surface area contributed by atoms with E-state index in [-0.39, 0.29) is 0 Å². The molecule has 0 aliphatic rings. The van der Waals surface area contributed by atoms with Crippen LogP contribution in [0.3, 0.4) is 0 Å². The number of furan rings is 6. The van der Waals surface area contributed by atoms with E-state index < -0.39 is 0 Å². The molecule has 10 nitrogen and oxygen atoms in total. The number of para-hydroxylation sites is 10. The van der Waals surface area contributed by atoms with Crippen molar-refractivity contribution in [2.24, 2.45) is 0 Å². The van der Waals surface area contributed by atoms with Crippen LogP contribution in [-0.2, 0) is 6.42 Å². The molecule has 28 aromatic rings. The first-order chi connectivity index (χ1) is 67.3. The van der Waals surface area contributed by atoms with Crippen LogP contribution in [0, 0.1) is 6.92 Å². The van der Waals surface area contributed by atoms with Gasteiger partial charge in [-0.15, -0.1) is 0 Å². The molecular formula is C126H78N4O6. The van der Waals surface area contributed by atoms with Crippen molar-refractivity contribution >= 4 is 243 Å². The number of fused-ring (bicyclic) bond motifs is 22. The predicted octanol–water partition coefficient (Wildman–Crippen LogP) is 36.8. The molecule has 28 rings (SSSR count). The van der Waals surface area contributed by atoms with Gasteiger partial charge in [-0.1, -0.05) is 272 Å². The van der Waals surface area contributed by atoms with Gasteiger partial charge in [-0.05, 0) is 243 Å². The average Bonchev–Trinajstić information content (AvgIpc) is 1.55. The molecule has 0 unspecified atom stereocenters. The summed E-state index contributed by atoms with van der Waals surface area (Å²) in [6, 6.07) is 159. The summed E-state index contributed by atoms with van der Waals surface area (Å²) in [4.78, 5) is 9.44. The first-order valence-corrected chi connectivity index (χ1v) is 46.2. The van der Waals surface area contributed by atoms with Crippen molar-refractivity contribution in [1.82, 2.24) is 0 Å². The minimum Gasteiger partial charge on any atom is -0.456 e. The van der Waals surface area contributed by atoms with Crippen molar-refractivity contribution in [3.8, 4) is 22.3 Å². The molecule has 0 N–H and O–H groups in total. The van der Waals surface area contributed by atoms with Crippen molar-refractivity contribution in [2.45, 2.75) is 13.3 Å². The number of nitrogens with zero attached hydrogens (tertiary/aromatic N) is 4. The van der Waals surface area contributed by atoms with Crippen LogP contribution >= 0.6 is 0 Å². The molecule has 0 aliphatic carbocycles. The monoisotopic (exact) mass is 1740 g/mol. The zero-order valence-electron chi connectivity index (χ0n) is 73.6. The second-order valence-electron chi connectivity index (χ2n) is 35.8. The molecule has 0 radical (unpaired) electrons. The van der Waals surface area contributed by atoms with E-state index in [0.29, 0.717) is 6.42 Å². The van der Waals surface area contributed by atoms with Crippen LogP contribution in [0.5, 0.6) is 0 Å². The second-order valence-corrected chi connectivity index (χ2v) is 35.8. The van der Waals surface area contributed by atoms with Crippen molar-refractivity contribution in [3.05, 3.63) is 460 Å². The van der Waals surface area contributed by atoms with Crippen molar-refractivity contribution in [3.63, 3.8) is 0 Å². The normalized spacial score (nSPS) is 12.0. The van der Waals surface area contributed by atoms with Gasteiger partial charge in [0, 0.05) is 122 Å². The number of hydrogen-bond donors (Lipinski definition) is 0. The molecule has 0 fully saturated rings. The van der Waals surface area contributed by atoms with Crippen molar-refractivity contribution in [1.29, 1.82) is 0 Å². The standard InChI is InChI=1S/C126H78N4O6/c1-76-48-55-87(56-49-76)127(111-40-20-34-100-96-30-10-16-44-115(96)132-123(100)111)89-59-52-80-73-119-104(69-83(80)65-89)105-70-84-66-90(60-53-81(84)74-120(105)131-119)128(112-41-21-35-101-97-31-11-17-45-116(97)133-124(101)112)88-57-50-77(51-58-88)64-107-93-63-62-92(130(110-39-15-9-29-95(110)79-26-6-3-7-27-79)114-43-23-37-103-99-33-13-19-47-118(99)135-126(103)114)68-86(93)72-108-106-71-85-67-91(61-54-82(85)75-121(106)136-122(107)108)129(109-38-14-8-28-94(109)78-24-4-2-5-25-78)113-42-22-36-102-98-32-12-18-46-117(98)134-125(102)113/h2-63,65-75H,64H2,1H3. The van der Waals surface area contributed by atoms with Gasteiger partial charge in [-0.2, -0.15) is 0 Å². The van der Waals surface area contributed by atoms with Gasteiger partial charge < -0.3 is 46.1 Å². The zero-order valence-corrected chi connectivity index (χ0v) is 73.6. The largest absolute Gasteiger partial charge is 0.456 e. The summed E-state index contributed by atoms with van der Waals surface area (Å²) in [5, 5.41) is 21.0. The minimum absolute atomic E-state index is 0.531. The molecule has 0 spiro atoms. The zero-order chi connectivity index (χ0) is 89.3. The van der Waals surface area contributed by atoms with Crippen molar-refractivity contribution in [2.75, 3.05) is 19.6 Å². The third-order valence-electron chi connectivity index (χ3n) is 27.8. The highest BCUT2D eigenvalue weighted by Crippen LogP contribution is 2.53. The van der Waals surface area contributed by atoms with Crippen LogP contribution in [0.2, 0.25) is 0 Å². The molecule has 0 amide bonds. The highest BCUT2D eigenvalue weighted by Gasteiger charge is 2.30. The summed E-state index contributed by atoms with van der Waals surface area (Å²) < 4.78 is 42.1. The fourth-order valence-electron chi connectivity index (χ4n) is 21.4. The molecule has 6 heterocycles. The lowest BCUT2D eigenvalue weighted by atomic mass is 9.94. The van der Waals surface area contributed by atoms with E-state index in [2.05, 4.69) is 439 Å². The van der Waals surface area contributed by atoms with E-state index in [9.17, 15) is 0 Å². The summed E-state index contributed by atoms with van der Waals surface area (Å²) in [5.41, 5.74) is 29.2. The summed E-state index contributed by atoms with van der Waals surface area (Å²) in [6.45, 7) is 2.13. The number of hydrogen-bond acceptors (Lipinski definition) is 10. The first-order valence-electron chi connectivity index (χ1n) is 46.2. The van der Waals surface area contributed by atoms with E-state index in [4.69, 9.17) is 26.5 Å². The molecule has 0 saturated carbocycles. The number of benzene rings is 22. The lowest BCUT2D eigenvalue weighted by Crippen LogP contribution is -2.11. The van der Waals surface area contributed by atoms with Gasteiger partial charge in [0.25, 0.3) is 0 Å². The molecule has 638 valence electrons. The van der Waals surface area contributed by atoms with E-state index >= 15 is 0 Å². The summed E-state index contributed by atoms with van der Waals surface area (Å²) in [5.74, 6) is 0. The van der Waals surface area contributed by atoms with Crippen LogP contribution in [-0.4, -0.2) is 0 Å².